The van der Waals surface area contributed by atoms with Gasteiger partial charge in [0, 0.05) is 38.8 Å². The van der Waals surface area contributed by atoms with E-state index in [1.165, 1.54) is 44.3 Å². The maximum atomic E-state index is 5.68. The SMILES string of the molecule is c1ccc(-c2nc(-c3ccccc3)nc(-c3cccc(-c4cccc(-c5ccc(-c6nc7c(c8ccccc68)C6(c8ccccc8-c8ccccc86)c6ccccc6-7)cc5)c4)c3)n2)cc1. The molecule has 13 rings (SSSR count). The Balaban J connectivity index is 0.882. The van der Waals surface area contributed by atoms with Crippen LogP contribution in [0.25, 0.3) is 101 Å². The molecule has 65 heavy (non-hydrogen) atoms. The van der Waals surface area contributed by atoms with Crippen LogP contribution in [0.4, 0.5) is 0 Å². The molecular weight excluding hydrogens is 789 g/mol. The van der Waals surface area contributed by atoms with Gasteiger partial charge in [-0.2, -0.15) is 0 Å². The summed E-state index contributed by atoms with van der Waals surface area (Å²) in [5.41, 5.74) is 19.0. The highest BCUT2D eigenvalue weighted by Gasteiger charge is 2.53. The summed E-state index contributed by atoms with van der Waals surface area (Å²) >= 11 is 0. The van der Waals surface area contributed by atoms with Crippen LogP contribution in [0.1, 0.15) is 22.3 Å². The van der Waals surface area contributed by atoms with Gasteiger partial charge in [0.2, 0.25) is 0 Å². The van der Waals surface area contributed by atoms with E-state index >= 15 is 0 Å². The Morgan fingerprint density at radius 3 is 1.23 bits per heavy atom. The Hall–Kier alpha value is -8.60. The lowest BCUT2D eigenvalue weighted by molar-refractivity contribution is 0.799. The zero-order valence-electron chi connectivity index (χ0n) is 35.2. The lowest BCUT2D eigenvalue weighted by Crippen LogP contribution is -2.26. The summed E-state index contributed by atoms with van der Waals surface area (Å²) in [6, 6.07) is 82.1. The van der Waals surface area contributed by atoms with Crippen LogP contribution in [-0.4, -0.2) is 19.9 Å². The third-order valence-electron chi connectivity index (χ3n) is 13.3. The van der Waals surface area contributed by atoms with Gasteiger partial charge in [-0.15, -0.1) is 0 Å². The van der Waals surface area contributed by atoms with Crippen molar-refractivity contribution in [2.24, 2.45) is 0 Å². The monoisotopic (exact) mass is 826 g/mol. The zero-order chi connectivity index (χ0) is 42.9. The topological polar surface area (TPSA) is 51.6 Å². The summed E-state index contributed by atoms with van der Waals surface area (Å²) in [6.45, 7) is 0. The first-order valence-corrected chi connectivity index (χ1v) is 22.1. The zero-order valence-corrected chi connectivity index (χ0v) is 35.2. The van der Waals surface area contributed by atoms with Gasteiger partial charge in [-0.3, -0.25) is 0 Å². The molecule has 4 nitrogen and oxygen atoms in total. The Kier molecular flexibility index (Phi) is 8.40. The molecule has 0 saturated carbocycles. The van der Waals surface area contributed by atoms with E-state index in [-0.39, 0.29) is 0 Å². The van der Waals surface area contributed by atoms with Crippen molar-refractivity contribution in [2.75, 3.05) is 0 Å². The highest BCUT2D eigenvalue weighted by atomic mass is 15.0. The Bertz CT molecular complexity index is 3550. The molecule has 0 radical (unpaired) electrons. The molecule has 4 heteroatoms. The Labute approximate surface area is 377 Å². The Morgan fingerprint density at radius 2 is 0.646 bits per heavy atom. The second-order valence-electron chi connectivity index (χ2n) is 16.9. The maximum Gasteiger partial charge on any atom is 0.164 e. The molecule has 2 aliphatic carbocycles. The minimum atomic E-state index is -0.458. The van der Waals surface area contributed by atoms with Gasteiger partial charge in [-0.1, -0.05) is 218 Å². The van der Waals surface area contributed by atoms with Crippen molar-refractivity contribution < 1.29 is 0 Å². The predicted molar refractivity (Wildman–Crippen MR) is 264 cm³/mol. The molecule has 0 unspecified atom stereocenters. The average Bonchev–Trinajstić information content (AvgIpc) is 3.86. The molecule has 0 atom stereocenters. The Morgan fingerprint density at radius 1 is 0.246 bits per heavy atom. The predicted octanol–water partition coefficient (Wildman–Crippen LogP) is 14.8. The molecule has 9 aromatic carbocycles. The second-order valence-corrected chi connectivity index (χ2v) is 16.9. The van der Waals surface area contributed by atoms with Crippen molar-refractivity contribution in [2.45, 2.75) is 5.41 Å². The average molecular weight is 827 g/mol. The molecule has 0 N–H and O–H groups in total. The number of hydrogen-bond acceptors (Lipinski definition) is 4. The van der Waals surface area contributed by atoms with Gasteiger partial charge in [-0.25, -0.2) is 19.9 Å². The number of nitrogens with zero attached hydrogens (tertiary/aromatic N) is 4. The molecule has 2 aliphatic rings. The lowest BCUT2D eigenvalue weighted by Gasteiger charge is -2.31. The van der Waals surface area contributed by atoms with Gasteiger partial charge in [0.25, 0.3) is 0 Å². The van der Waals surface area contributed by atoms with Crippen LogP contribution in [0, 0.1) is 0 Å². The normalized spacial score (nSPS) is 12.7. The minimum absolute atomic E-state index is 0.458. The highest BCUT2D eigenvalue weighted by molar-refractivity contribution is 6.06. The first-order chi connectivity index (χ1) is 32.2. The van der Waals surface area contributed by atoms with E-state index in [0.29, 0.717) is 17.5 Å². The summed E-state index contributed by atoms with van der Waals surface area (Å²) in [7, 11) is 0. The van der Waals surface area contributed by atoms with Crippen molar-refractivity contribution >= 4 is 10.8 Å². The molecule has 0 bridgehead atoms. The van der Waals surface area contributed by atoms with Crippen LogP contribution >= 0.6 is 0 Å². The summed E-state index contributed by atoms with van der Waals surface area (Å²) in [5, 5.41) is 2.39. The molecule has 1 spiro atoms. The summed E-state index contributed by atoms with van der Waals surface area (Å²) < 4.78 is 0. The van der Waals surface area contributed by atoms with Crippen LogP contribution in [0.3, 0.4) is 0 Å². The fourth-order valence-electron chi connectivity index (χ4n) is 10.5. The van der Waals surface area contributed by atoms with E-state index < -0.39 is 5.41 Å². The number of rotatable bonds is 6. The van der Waals surface area contributed by atoms with Gasteiger partial charge in [-0.05, 0) is 67.6 Å². The molecule has 11 aromatic rings. The van der Waals surface area contributed by atoms with Crippen LogP contribution in [0.2, 0.25) is 0 Å². The summed E-state index contributed by atoms with van der Waals surface area (Å²) in [5.74, 6) is 1.93. The second kappa shape index (κ2) is 14.8. The molecule has 2 aromatic heterocycles. The third-order valence-corrected chi connectivity index (χ3v) is 13.3. The minimum Gasteiger partial charge on any atom is -0.247 e. The van der Waals surface area contributed by atoms with Crippen molar-refractivity contribution in [1.82, 2.24) is 19.9 Å². The van der Waals surface area contributed by atoms with Crippen molar-refractivity contribution in [3.63, 3.8) is 0 Å². The quantitative estimate of drug-likeness (QED) is 0.168. The van der Waals surface area contributed by atoms with E-state index in [1.807, 2.05) is 60.7 Å². The van der Waals surface area contributed by atoms with Gasteiger partial charge in [0.05, 0.1) is 16.8 Å². The molecule has 0 amide bonds. The van der Waals surface area contributed by atoms with Crippen LogP contribution in [-0.2, 0) is 5.41 Å². The summed E-state index contributed by atoms with van der Waals surface area (Å²) in [6.07, 6.45) is 0. The number of hydrogen-bond donors (Lipinski definition) is 0. The highest BCUT2D eigenvalue weighted by Crippen LogP contribution is 2.64. The third kappa shape index (κ3) is 5.77. The van der Waals surface area contributed by atoms with E-state index in [4.69, 9.17) is 19.9 Å². The maximum absolute atomic E-state index is 5.68. The van der Waals surface area contributed by atoms with Crippen molar-refractivity contribution in [3.8, 4) is 90.1 Å². The van der Waals surface area contributed by atoms with Crippen LogP contribution in [0.5, 0.6) is 0 Å². The molecular formula is C61H38N4. The van der Waals surface area contributed by atoms with Crippen molar-refractivity contribution in [3.05, 3.63) is 253 Å². The molecule has 302 valence electrons. The number of aromatic nitrogens is 4. The van der Waals surface area contributed by atoms with Crippen LogP contribution in [0.15, 0.2) is 231 Å². The van der Waals surface area contributed by atoms with E-state index in [9.17, 15) is 0 Å². The van der Waals surface area contributed by atoms with Gasteiger partial charge < -0.3 is 0 Å². The fourth-order valence-corrected chi connectivity index (χ4v) is 10.5. The number of fused-ring (bicyclic) bond motifs is 12. The van der Waals surface area contributed by atoms with Crippen molar-refractivity contribution in [1.29, 1.82) is 0 Å². The molecule has 2 heterocycles. The first kappa shape index (κ1) is 37.0. The standard InChI is InChI=1S/C61H38N4/c1-3-17-41(18-4-1)58-63-59(42-19-5-2-6-20-42)65-60(64-58)46-24-16-23-45(38-46)44-22-15-21-43(37-44)39-33-35-40(36-34-39)56-50-28-8-7-27-49(50)55-57(62-56)51-29-11-14-32-54(51)61(55)52-30-12-9-25-47(52)48-26-10-13-31-53(48)61/h1-38H. The molecule has 0 fully saturated rings. The number of pyridine rings is 1. The molecule has 0 aliphatic heterocycles. The largest absolute Gasteiger partial charge is 0.247 e. The molecule has 0 saturated heterocycles. The first-order valence-electron chi connectivity index (χ1n) is 22.1. The lowest BCUT2D eigenvalue weighted by atomic mass is 9.69. The van der Waals surface area contributed by atoms with Crippen LogP contribution < -0.4 is 0 Å². The van der Waals surface area contributed by atoms with Gasteiger partial charge in [0.1, 0.15) is 0 Å². The summed E-state index contributed by atoms with van der Waals surface area (Å²) in [4.78, 5) is 20.6. The van der Waals surface area contributed by atoms with E-state index in [2.05, 4.69) is 170 Å². The fraction of sp³-hybridized carbons (Fsp3) is 0.0164. The van der Waals surface area contributed by atoms with Gasteiger partial charge >= 0.3 is 0 Å². The van der Waals surface area contributed by atoms with E-state index in [0.717, 1.165) is 61.3 Å². The van der Waals surface area contributed by atoms with Gasteiger partial charge in [0.15, 0.2) is 17.5 Å². The van der Waals surface area contributed by atoms with E-state index in [1.54, 1.807) is 0 Å². The smallest absolute Gasteiger partial charge is 0.164 e. The number of benzene rings is 9.